The van der Waals surface area contributed by atoms with Gasteiger partial charge in [-0.2, -0.15) is 0 Å². The number of hydrogen-bond acceptors (Lipinski definition) is 4. The summed E-state index contributed by atoms with van der Waals surface area (Å²) in [4.78, 5) is 35.2. The van der Waals surface area contributed by atoms with E-state index in [0.717, 1.165) is 11.1 Å². The van der Waals surface area contributed by atoms with Crippen LogP contribution in [0.5, 0.6) is 5.75 Å². The highest BCUT2D eigenvalue weighted by atomic mass is 16.5. The van der Waals surface area contributed by atoms with Crippen molar-refractivity contribution in [2.45, 2.75) is 38.0 Å². The predicted octanol–water partition coefficient (Wildman–Crippen LogP) is 1.06. The average Bonchev–Trinajstić information content (AvgIpc) is 3.14. The maximum absolute atomic E-state index is 12.2. The van der Waals surface area contributed by atoms with E-state index in [9.17, 15) is 14.4 Å². The maximum Gasteiger partial charge on any atom is 0.243 e. The van der Waals surface area contributed by atoms with Gasteiger partial charge < -0.3 is 21.1 Å². The summed E-state index contributed by atoms with van der Waals surface area (Å²) in [6.07, 6.45) is 0.994. The molecule has 1 heterocycles. The van der Waals surface area contributed by atoms with Gasteiger partial charge in [-0.15, -0.1) is 0 Å². The molecule has 0 bridgehead atoms. The van der Waals surface area contributed by atoms with Crippen molar-refractivity contribution in [2.24, 2.45) is 5.73 Å². The summed E-state index contributed by atoms with van der Waals surface area (Å²) in [6.45, 7) is 0.466. The molecule has 146 valence electrons. The Bertz CT molecular complexity index is 836. The van der Waals surface area contributed by atoms with Gasteiger partial charge in [0.15, 0.2) is 0 Å². The van der Waals surface area contributed by atoms with Crippen LogP contribution in [0.4, 0.5) is 0 Å². The second-order valence-corrected chi connectivity index (χ2v) is 6.74. The zero-order valence-corrected chi connectivity index (χ0v) is 15.4. The molecule has 1 aliphatic rings. The highest BCUT2D eigenvalue weighted by molar-refractivity contribution is 5.93. The molecule has 1 saturated heterocycles. The summed E-state index contributed by atoms with van der Waals surface area (Å²) < 4.78 is 5.74. The number of hydrogen-bond donors (Lipinski definition) is 3. The van der Waals surface area contributed by atoms with Crippen LogP contribution >= 0.6 is 0 Å². The van der Waals surface area contributed by atoms with Gasteiger partial charge in [0, 0.05) is 12.8 Å². The molecule has 0 unspecified atom stereocenters. The first-order chi connectivity index (χ1) is 13.5. The van der Waals surface area contributed by atoms with E-state index < -0.39 is 23.9 Å². The fourth-order valence-corrected chi connectivity index (χ4v) is 3.00. The van der Waals surface area contributed by atoms with Crippen LogP contribution in [-0.4, -0.2) is 29.8 Å². The predicted molar refractivity (Wildman–Crippen MR) is 103 cm³/mol. The van der Waals surface area contributed by atoms with Crippen molar-refractivity contribution in [1.29, 1.82) is 0 Å². The Morgan fingerprint density at radius 3 is 2.43 bits per heavy atom. The SMILES string of the molecule is NC(=O)[C@H](Cc1ccc(OCc2ccccc2)cc1)NC(=O)[C@@H]1CCC(=O)N1. The molecule has 0 aromatic heterocycles. The monoisotopic (exact) mass is 381 g/mol. The lowest BCUT2D eigenvalue weighted by molar-refractivity contribution is -0.129. The third-order valence-corrected chi connectivity index (χ3v) is 4.58. The first-order valence-corrected chi connectivity index (χ1v) is 9.16. The van der Waals surface area contributed by atoms with Crippen LogP contribution in [-0.2, 0) is 27.4 Å². The van der Waals surface area contributed by atoms with Gasteiger partial charge in [-0.3, -0.25) is 14.4 Å². The van der Waals surface area contributed by atoms with Crippen molar-refractivity contribution in [2.75, 3.05) is 0 Å². The van der Waals surface area contributed by atoms with E-state index in [4.69, 9.17) is 10.5 Å². The molecule has 0 saturated carbocycles. The fourth-order valence-electron chi connectivity index (χ4n) is 3.00. The van der Waals surface area contributed by atoms with E-state index in [1.54, 1.807) is 0 Å². The molecule has 3 amide bonds. The van der Waals surface area contributed by atoms with Crippen LogP contribution in [0.1, 0.15) is 24.0 Å². The standard InChI is InChI=1S/C21H23N3O4/c22-20(26)18(24-21(27)17-10-11-19(25)23-17)12-14-6-8-16(9-7-14)28-13-15-4-2-1-3-5-15/h1-9,17-18H,10-13H2,(H2,22,26)(H,23,25)(H,24,27)/t17-,18-/m0/s1. The molecule has 28 heavy (non-hydrogen) atoms. The van der Waals surface area contributed by atoms with E-state index >= 15 is 0 Å². The third-order valence-electron chi connectivity index (χ3n) is 4.58. The van der Waals surface area contributed by atoms with Crippen LogP contribution in [0.25, 0.3) is 0 Å². The Morgan fingerprint density at radius 1 is 1.11 bits per heavy atom. The lowest BCUT2D eigenvalue weighted by Gasteiger charge is -2.18. The van der Waals surface area contributed by atoms with Crippen LogP contribution < -0.4 is 21.1 Å². The molecule has 1 fully saturated rings. The number of carbonyl (C=O) groups is 3. The summed E-state index contributed by atoms with van der Waals surface area (Å²) in [5.74, 6) is -0.470. The molecule has 2 aromatic rings. The number of carbonyl (C=O) groups excluding carboxylic acids is 3. The summed E-state index contributed by atoms with van der Waals surface area (Å²) >= 11 is 0. The van der Waals surface area contributed by atoms with E-state index in [0.29, 0.717) is 25.2 Å². The van der Waals surface area contributed by atoms with Crippen molar-refractivity contribution >= 4 is 17.7 Å². The van der Waals surface area contributed by atoms with Crippen LogP contribution in [0, 0.1) is 0 Å². The summed E-state index contributed by atoms with van der Waals surface area (Å²) in [7, 11) is 0. The third kappa shape index (κ3) is 5.33. The Kier molecular flexibility index (Phi) is 6.26. The molecule has 2 atom stereocenters. The average molecular weight is 381 g/mol. The van der Waals surface area contributed by atoms with E-state index in [-0.39, 0.29) is 12.3 Å². The zero-order chi connectivity index (χ0) is 19.9. The zero-order valence-electron chi connectivity index (χ0n) is 15.4. The Balaban J connectivity index is 1.55. The highest BCUT2D eigenvalue weighted by Crippen LogP contribution is 2.16. The van der Waals surface area contributed by atoms with Crippen molar-refractivity contribution in [3.05, 3.63) is 65.7 Å². The number of amides is 3. The number of ether oxygens (including phenoxy) is 1. The number of nitrogens with one attached hydrogen (secondary N) is 2. The minimum Gasteiger partial charge on any atom is -0.489 e. The summed E-state index contributed by atoms with van der Waals surface area (Å²) in [5.41, 5.74) is 7.35. The molecule has 4 N–H and O–H groups in total. The molecule has 7 heteroatoms. The van der Waals surface area contributed by atoms with Crippen LogP contribution in [0.15, 0.2) is 54.6 Å². The van der Waals surface area contributed by atoms with Gasteiger partial charge >= 0.3 is 0 Å². The molecule has 7 nitrogen and oxygen atoms in total. The van der Waals surface area contributed by atoms with Gasteiger partial charge in [0.2, 0.25) is 17.7 Å². The van der Waals surface area contributed by atoms with E-state index in [2.05, 4.69) is 10.6 Å². The van der Waals surface area contributed by atoms with Crippen molar-refractivity contribution < 1.29 is 19.1 Å². The molecule has 2 aromatic carbocycles. The summed E-state index contributed by atoms with van der Waals surface area (Å²) in [5, 5.41) is 5.21. The minimum atomic E-state index is -0.846. The molecule has 0 radical (unpaired) electrons. The topological polar surface area (TPSA) is 111 Å². The van der Waals surface area contributed by atoms with Crippen molar-refractivity contribution in [1.82, 2.24) is 10.6 Å². The first-order valence-electron chi connectivity index (χ1n) is 9.16. The first kappa shape index (κ1) is 19.4. The molecule has 3 rings (SSSR count). The molecule has 0 spiro atoms. The second-order valence-electron chi connectivity index (χ2n) is 6.74. The molecular weight excluding hydrogens is 358 g/mol. The van der Waals surface area contributed by atoms with E-state index in [1.165, 1.54) is 0 Å². The minimum absolute atomic E-state index is 0.165. The Morgan fingerprint density at radius 2 is 1.82 bits per heavy atom. The van der Waals surface area contributed by atoms with Crippen LogP contribution in [0.3, 0.4) is 0 Å². The quantitative estimate of drug-likeness (QED) is 0.635. The van der Waals surface area contributed by atoms with Gasteiger partial charge in [0.25, 0.3) is 0 Å². The van der Waals surface area contributed by atoms with Gasteiger partial charge in [-0.1, -0.05) is 42.5 Å². The normalized spacial score (nSPS) is 16.9. The van der Waals surface area contributed by atoms with Gasteiger partial charge in [-0.25, -0.2) is 0 Å². The number of benzene rings is 2. The maximum atomic E-state index is 12.2. The molecule has 0 aliphatic carbocycles. The smallest absolute Gasteiger partial charge is 0.243 e. The Hall–Kier alpha value is -3.35. The lowest BCUT2D eigenvalue weighted by Crippen LogP contribution is -2.51. The van der Waals surface area contributed by atoms with Crippen LogP contribution in [0.2, 0.25) is 0 Å². The second kappa shape index (κ2) is 9.03. The number of rotatable bonds is 8. The summed E-state index contributed by atoms with van der Waals surface area (Å²) in [6, 6.07) is 15.7. The lowest BCUT2D eigenvalue weighted by atomic mass is 10.0. The fraction of sp³-hybridized carbons (Fsp3) is 0.286. The van der Waals surface area contributed by atoms with Crippen molar-refractivity contribution in [3.8, 4) is 5.75 Å². The number of nitrogens with two attached hydrogens (primary N) is 1. The number of primary amides is 1. The van der Waals surface area contributed by atoms with Gasteiger partial charge in [-0.05, 0) is 29.7 Å². The van der Waals surface area contributed by atoms with Gasteiger partial charge in [0.1, 0.15) is 24.4 Å². The van der Waals surface area contributed by atoms with E-state index in [1.807, 2.05) is 54.6 Å². The largest absolute Gasteiger partial charge is 0.489 e. The Labute approximate surface area is 163 Å². The van der Waals surface area contributed by atoms with Gasteiger partial charge in [0.05, 0.1) is 0 Å². The molecular formula is C21H23N3O4. The van der Waals surface area contributed by atoms with Crippen molar-refractivity contribution in [3.63, 3.8) is 0 Å². The molecule has 1 aliphatic heterocycles. The highest BCUT2D eigenvalue weighted by Gasteiger charge is 2.29.